The Hall–Kier alpha value is -2.10. The fourth-order valence-corrected chi connectivity index (χ4v) is 1.75. The van der Waals surface area contributed by atoms with Crippen molar-refractivity contribution in [3.05, 3.63) is 35.9 Å². The molecule has 1 aromatic heterocycles. The van der Waals surface area contributed by atoms with Gasteiger partial charge in [-0.15, -0.1) is 0 Å². The highest BCUT2D eigenvalue weighted by atomic mass is 16.5. The van der Waals surface area contributed by atoms with Gasteiger partial charge in [0.2, 0.25) is 11.8 Å². The summed E-state index contributed by atoms with van der Waals surface area (Å²) in [6.45, 7) is 6.03. The number of hydrogen-bond acceptors (Lipinski definition) is 3. The van der Waals surface area contributed by atoms with Crippen LogP contribution < -0.4 is 5.32 Å². The van der Waals surface area contributed by atoms with E-state index < -0.39 is 0 Å². The minimum absolute atomic E-state index is 0.0541. The second-order valence-corrected chi connectivity index (χ2v) is 5.09. The predicted molar refractivity (Wildman–Crippen MR) is 74.8 cm³/mol. The van der Waals surface area contributed by atoms with Crippen molar-refractivity contribution in [1.29, 1.82) is 0 Å². The van der Waals surface area contributed by atoms with Crippen LogP contribution in [0.2, 0.25) is 0 Å². The lowest BCUT2D eigenvalue weighted by Crippen LogP contribution is -2.13. The van der Waals surface area contributed by atoms with Gasteiger partial charge in [0, 0.05) is 18.1 Å². The lowest BCUT2D eigenvalue weighted by molar-refractivity contribution is -0.117. The molecular weight excluding hydrogens is 240 g/mol. The predicted octanol–water partition coefficient (Wildman–Crippen LogP) is 3.63. The molecular formula is C15H18N2O2. The average Bonchev–Trinajstić information content (AvgIpc) is 2.77. The second kappa shape index (κ2) is 5.69. The Labute approximate surface area is 112 Å². The third-order valence-corrected chi connectivity index (χ3v) is 2.71. The second-order valence-electron chi connectivity index (χ2n) is 5.09. The SMILES string of the molecule is Cc1ccc(-c2cc(NC(=O)CC(C)C)on2)cc1. The van der Waals surface area contributed by atoms with E-state index in [1.54, 1.807) is 6.07 Å². The normalized spacial score (nSPS) is 10.7. The number of carbonyl (C=O) groups excluding carboxylic acids is 1. The molecule has 0 fully saturated rings. The summed E-state index contributed by atoms with van der Waals surface area (Å²) < 4.78 is 5.12. The van der Waals surface area contributed by atoms with Gasteiger partial charge in [-0.2, -0.15) is 0 Å². The van der Waals surface area contributed by atoms with Gasteiger partial charge in [-0.05, 0) is 12.8 Å². The molecule has 0 spiro atoms. The Kier molecular flexibility index (Phi) is 4.00. The van der Waals surface area contributed by atoms with Crippen molar-refractivity contribution in [1.82, 2.24) is 5.16 Å². The van der Waals surface area contributed by atoms with Gasteiger partial charge in [0.25, 0.3) is 0 Å². The first-order valence-corrected chi connectivity index (χ1v) is 6.38. The van der Waals surface area contributed by atoms with Gasteiger partial charge in [0.1, 0.15) is 5.69 Å². The van der Waals surface area contributed by atoms with E-state index in [1.165, 1.54) is 5.56 Å². The Morgan fingerprint density at radius 1 is 1.32 bits per heavy atom. The van der Waals surface area contributed by atoms with Crippen LogP contribution in [0.3, 0.4) is 0 Å². The van der Waals surface area contributed by atoms with Crippen molar-refractivity contribution in [2.24, 2.45) is 5.92 Å². The van der Waals surface area contributed by atoms with Gasteiger partial charge >= 0.3 is 0 Å². The summed E-state index contributed by atoms with van der Waals surface area (Å²) in [7, 11) is 0. The zero-order chi connectivity index (χ0) is 13.8. The maximum absolute atomic E-state index is 11.6. The lowest BCUT2D eigenvalue weighted by Gasteiger charge is -2.02. The molecule has 0 saturated carbocycles. The van der Waals surface area contributed by atoms with Crippen molar-refractivity contribution >= 4 is 11.8 Å². The summed E-state index contributed by atoms with van der Waals surface area (Å²) in [4.78, 5) is 11.6. The van der Waals surface area contributed by atoms with Crippen LogP contribution >= 0.6 is 0 Å². The van der Waals surface area contributed by atoms with Crippen LogP contribution in [0.25, 0.3) is 11.3 Å². The lowest BCUT2D eigenvalue weighted by atomic mass is 10.1. The molecule has 2 rings (SSSR count). The van der Waals surface area contributed by atoms with Gasteiger partial charge in [-0.25, -0.2) is 0 Å². The molecule has 1 amide bonds. The minimum Gasteiger partial charge on any atom is -0.338 e. The molecule has 4 heteroatoms. The number of anilines is 1. The number of benzene rings is 1. The maximum Gasteiger partial charge on any atom is 0.231 e. The Bertz CT molecular complexity index is 556. The molecule has 1 aromatic carbocycles. The summed E-state index contributed by atoms with van der Waals surface area (Å²) in [6.07, 6.45) is 0.473. The Morgan fingerprint density at radius 3 is 2.63 bits per heavy atom. The molecule has 0 aliphatic rings. The molecule has 0 radical (unpaired) electrons. The molecule has 0 aliphatic carbocycles. The highest BCUT2D eigenvalue weighted by molar-refractivity contribution is 5.89. The Balaban J connectivity index is 2.07. The molecule has 1 heterocycles. The molecule has 4 nitrogen and oxygen atoms in total. The first-order valence-electron chi connectivity index (χ1n) is 6.38. The number of hydrogen-bond donors (Lipinski definition) is 1. The highest BCUT2D eigenvalue weighted by Gasteiger charge is 2.10. The fourth-order valence-electron chi connectivity index (χ4n) is 1.75. The number of nitrogens with one attached hydrogen (secondary N) is 1. The smallest absolute Gasteiger partial charge is 0.231 e. The number of amides is 1. The zero-order valence-electron chi connectivity index (χ0n) is 11.4. The van der Waals surface area contributed by atoms with E-state index in [0.29, 0.717) is 18.2 Å². The summed E-state index contributed by atoms with van der Waals surface area (Å²) in [5, 5.41) is 6.67. The average molecular weight is 258 g/mol. The molecule has 0 aliphatic heterocycles. The van der Waals surface area contributed by atoms with Gasteiger partial charge in [-0.3, -0.25) is 10.1 Å². The van der Waals surface area contributed by atoms with Crippen LogP contribution in [0.4, 0.5) is 5.88 Å². The zero-order valence-corrected chi connectivity index (χ0v) is 11.4. The van der Waals surface area contributed by atoms with E-state index in [1.807, 2.05) is 45.0 Å². The van der Waals surface area contributed by atoms with E-state index in [9.17, 15) is 4.79 Å². The molecule has 0 atom stereocenters. The quantitative estimate of drug-likeness (QED) is 0.911. The van der Waals surface area contributed by atoms with Crippen LogP contribution in [0.15, 0.2) is 34.9 Å². The van der Waals surface area contributed by atoms with Crippen molar-refractivity contribution in [2.75, 3.05) is 5.32 Å². The summed E-state index contributed by atoms with van der Waals surface area (Å²) >= 11 is 0. The summed E-state index contributed by atoms with van der Waals surface area (Å²) in [6, 6.07) is 9.73. The number of aryl methyl sites for hydroxylation is 1. The highest BCUT2D eigenvalue weighted by Crippen LogP contribution is 2.22. The minimum atomic E-state index is -0.0541. The summed E-state index contributed by atoms with van der Waals surface area (Å²) in [5.41, 5.74) is 2.89. The van der Waals surface area contributed by atoms with E-state index in [2.05, 4.69) is 10.5 Å². The van der Waals surface area contributed by atoms with Crippen LogP contribution in [-0.4, -0.2) is 11.1 Å². The fraction of sp³-hybridized carbons (Fsp3) is 0.333. The van der Waals surface area contributed by atoms with E-state index in [0.717, 1.165) is 11.3 Å². The standard InChI is InChI=1S/C15H18N2O2/c1-10(2)8-14(18)16-15-9-13(17-19-15)12-6-4-11(3)5-7-12/h4-7,9-10H,8H2,1-3H3,(H,16,18). The third kappa shape index (κ3) is 3.68. The maximum atomic E-state index is 11.6. The third-order valence-electron chi connectivity index (χ3n) is 2.71. The van der Waals surface area contributed by atoms with Gasteiger partial charge in [0.05, 0.1) is 0 Å². The number of carbonyl (C=O) groups is 1. The van der Waals surface area contributed by atoms with Gasteiger partial charge in [0.15, 0.2) is 0 Å². The molecule has 0 saturated heterocycles. The molecule has 0 unspecified atom stereocenters. The number of rotatable bonds is 4. The van der Waals surface area contributed by atoms with Gasteiger partial charge < -0.3 is 4.52 Å². The molecule has 100 valence electrons. The van der Waals surface area contributed by atoms with Crippen LogP contribution in [-0.2, 0) is 4.79 Å². The van der Waals surface area contributed by atoms with Crippen molar-refractivity contribution < 1.29 is 9.32 Å². The van der Waals surface area contributed by atoms with E-state index in [4.69, 9.17) is 4.52 Å². The van der Waals surface area contributed by atoms with E-state index >= 15 is 0 Å². The van der Waals surface area contributed by atoms with Crippen LogP contribution in [0.5, 0.6) is 0 Å². The molecule has 2 aromatic rings. The van der Waals surface area contributed by atoms with Crippen LogP contribution in [0, 0.1) is 12.8 Å². The first-order chi connectivity index (χ1) is 9.04. The van der Waals surface area contributed by atoms with Crippen molar-refractivity contribution in [2.45, 2.75) is 27.2 Å². The first kappa shape index (κ1) is 13.3. The van der Waals surface area contributed by atoms with Crippen LogP contribution in [0.1, 0.15) is 25.8 Å². The van der Waals surface area contributed by atoms with E-state index in [-0.39, 0.29) is 5.91 Å². The molecule has 0 bridgehead atoms. The Morgan fingerprint density at radius 2 is 2.00 bits per heavy atom. The monoisotopic (exact) mass is 258 g/mol. The largest absolute Gasteiger partial charge is 0.338 e. The van der Waals surface area contributed by atoms with Crippen molar-refractivity contribution in [3.63, 3.8) is 0 Å². The summed E-state index contributed by atoms with van der Waals surface area (Å²) in [5.74, 6) is 0.655. The van der Waals surface area contributed by atoms with Gasteiger partial charge in [-0.1, -0.05) is 48.8 Å². The molecule has 1 N–H and O–H groups in total. The molecule has 19 heavy (non-hydrogen) atoms. The topological polar surface area (TPSA) is 55.1 Å². The number of aromatic nitrogens is 1. The van der Waals surface area contributed by atoms with Crippen molar-refractivity contribution in [3.8, 4) is 11.3 Å². The number of nitrogens with zero attached hydrogens (tertiary/aromatic N) is 1.